The maximum absolute atomic E-state index is 13.7. The molecule has 1 unspecified atom stereocenters. The van der Waals surface area contributed by atoms with Crippen molar-refractivity contribution in [1.29, 1.82) is 0 Å². The van der Waals surface area contributed by atoms with Gasteiger partial charge in [0.25, 0.3) is 10.0 Å². The molecule has 0 bridgehead atoms. The standard InChI is InChI=1S/C22H24BrN3O4S3/c23-16-5-6-18-19(13-16)32-22(24-18)26(14-17-3-1-11-30-17)21(27)15-7-9-25(10-8-15)33(28,29)20-4-2-12-31-20/h2,4-6,12-13,15,17H,1,3,7-11,14H2. The molecule has 2 aliphatic rings. The molecule has 2 aliphatic heterocycles. The molecule has 1 amide bonds. The van der Waals surface area contributed by atoms with Crippen LogP contribution in [0.5, 0.6) is 0 Å². The highest BCUT2D eigenvalue weighted by Crippen LogP contribution is 2.34. The van der Waals surface area contributed by atoms with Crippen molar-refractivity contribution >= 4 is 69.9 Å². The van der Waals surface area contributed by atoms with Gasteiger partial charge < -0.3 is 4.74 Å². The molecule has 0 saturated carbocycles. The summed E-state index contributed by atoms with van der Waals surface area (Å²) in [7, 11) is -3.49. The molecule has 0 N–H and O–H groups in total. The average Bonchev–Trinajstić information content (AvgIpc) is 3.58. The Morgan fingerprint density at radius 3 is 2.76 bits per heavy atom. The number of piperidine rings is 1. The Labute approximate surface area is 209 Å². The van der Waals surface area contributed by atoms with Gasteiger partial charge in [-0.3, -0.25) is 9.69 Å². The third-order valence-corrected chi connectivity index (χ3v) is 10.9. The minimum absolute atomic E-state index is 0.00648. The van der Waals surface area contributed by atoms with Crippen LogP contribution >= 0.6 is 38.6 Å². The summed E-state index contributed by atoms with van der Waals surface area (Å²) in [5.41, 5.74) is 0.861. The number of fused-ring (bicyclic) bond motifs is 1. The molecule has 0 aliphatic carbocycles. The molecule has 1 atom stereocenters. The molecule has 4 heterocycles. The Morgan fingerprint density at radius 2 is 2.06 bits per heavy atom. The Kier molecular flexibility index (Phi) is 6.88. The Balaban J connectivity index is 1.35. The van der Waals surface area contributed by atoms with Crippen LogP contribution in [-0.4, -0.2) is 56.0 Å². The van der Waals surface area contributed by atoms with Gasteiger partial charge in [0.1, 0.15) is 4.21 Å². The zero-order valence-corrected chi connectivity index (χ0v) is 21.9. The van der Waals surface area contributed by atoms with Crippen LogP contribution < -0.4 is 4.90 Å². The van der Waals surface area contributed by atoms with E-state index in [4.69, 9.17) is 9.72 Å². The van der Waals surface area contributed by atoms with E-state index >= 15 is 0 Å². The minimum Gasteiger partial charge on any atom is -0.376 e. The van der Waals surface area contributed by atoms with Crippen LogP contribution in [0.3, 0.4) is 0 Å². The van der Waals surface area contributed by atoms with E-state index in [1.54, 1.807) is 22.4 Å². The van der Waals surface area contributed by atoms with Gasteiger partial charge in [-0.25, -0.2) is 13.4 Å². The third-order valence-electron chi connectivity index (χ3n) is 6.14. The summed E-state index contributed by atoms with van der Waals surface area (Å²) in [6.07, 6.45) is 2.94. The second-order valence-corrected chi connectivity index (χ2v) is 13.3. The summed E-state index contributed by atoms with van der Waals surface area (Å²) >= 11 is 6.23. The molecular weight excluding hydrogens is 546 g/mol. The molecule has 7 nitrogen and oxygen atoms in total. The molecule has 2 fully saturated rings. The van der Waals surface area contributed by atoms with Crippen molar-refractivity contribution in [2.45, 2.75) is 36.0 Å². The summed E-state index contributed by atoms with van der Waals surface area (Å²) in [6.45, 7) is 1.89. The van der Waals surface area contributed by atoms with Gasteiger partial charge in [0.05, 0.1) is 22.9 Å². The predicted octanol–water partition coefficient (Wildman–Crippen LogP) is 4.73. The highest BCUT2D eigenvalue weighted by molar-refractivity contribution is 9.10. The molecule has 5 rings (SSSR count). The van der Waals surface area contributed by atoms with E-state index < -0.39 is 10.0 Å². The van der Waals surface area contributed by atoms with Gasteiger partial charge in [-0.1, -0.05) is 33.3 Å². The summed E-state index contributed by atoms with van der Waals surface area (Å²) in [5.74, 6) is -0.225. The summed E-state index contributed by atoms with van der Waals surface area (Å²) in [5, 5.41) is 2.44. The number of amides is 1. The quantitative estimate of drug-likeness (QED) is 0.428. The number of rotatable bonds is 6. The molecule has 0 radical (unpaired) electrons. The maximum Gasteiger partial charge on any atom is 0.252 e. The third kappa shape index (κ3) is 4.89. The van der Waals surface area contributed by atoms with Crippen LogP contribution in [0.15, 0.2) is 44.4 Å². The molecule has 3 aromatic rings. The largest absolute Gasteiger partial charge is 0.376 e. The summed E-state index contributed by atoms with van der Waals surface area (Å²) in [4.78, 5) is 20.2. The number of halogens is 1. The lowest BCUT2D eigenvalue weighted by Crippen LogP contribution is -2.46. The van der Waals surface area contributed by atoms with Crippen molar-refractivity contribution in [1.82, 2.24) is 9.29 Å². The molecule has 11 heteroatoms. The van der Waals surface area contributed by atoms with Gasteiger partial charge in [0, 0.05) is 30.1 Å². The fraction of sp³-hybridized carbons (Fsp3) is 0.455. The fourth-order valence-corrected chi connectivity index (χ4v) is 8.50. The van der Waals surface area contributed by atoms with E-state index in [9.17, 15) is 13.2 Å². The monoisotopic (exact) mass is 569 g/mol. The van der Waals surface area contributed by atoms with E-state index in [2.05, 4.69) is 15.9 Å². The van der Waals surface area contributed by atoms with Gasteiger partial charge in [-0.2, -0.15) is 4.31 Å². The first-order valence-electron chi connectivity index (χ1n) is 10.9. The van der Waals surface area contributed by atoms with E-state index in [1.807, 2.05) is 18.2 Å². The lowest BCUT2D eigenvalue weighted by Gasteiger charge is -2.33. The smallest absolute Gasteiger partial charge is 0.252 e. The number of carbonyl (C=O) groups is 1. The minimum atomic E-state index is -3.49. The van der Waals surface area contributed by atoms with Gasteiger partial charge in [-0.05, 0) is 55.3 Å². The number of thiazole rings is 1. The van der Waals surface area contributed by atoms with Crippen molar-refractivity contribution in [3.05, 3.63) is 40.2 Å². The SMILES string of the molecule is O=C(C1CCN(S(=O)(=O)c2cccs2)CC1)N(CC1CCCO1)c1nc2ccc(Br)cc2s1. The Bertz CT molecular complexity index is 1230. The van der Waals surface area contributed by atoms with Crippen molar-refractivity contribution in [3.8, 4) is 0 Å². The second-order valence-electron chi connectivity index (χ2n) is 8.30. The number of anilines is 1. The molecule has 176 valence electrons. The van der Waals surface area contributed by atoms with E-state index in [0.29, 0.717) is 41.8 Å². The molecule has 2 saturated heterocycles. The number of aromatic nitrogens is 1. The first kappa shape index (κ1) is 23.4. The fourth-order valence-electron chi connectivity index (χ4n) is 4.36. The summed E-state index contributed by atoms with van der Waals surface area (Å²) < 4.78 is 35.4. The van der Waals surface area contributed by atoms with Crippen molar-refractivity contribution in [3.63, 3.8) is 0 Å². The average molecular weight is 571 g/mol. The van der Waals surface area contributed by atoms with Crippen LogP contribution in [0.25, 0.3) is 10.2 Å². The van der Waals surface area contributed by atoms with Gasteiger partial charge in [0.2, 0.25) is 5.91 Å². The highest BCUT2D eigenvalue weighted by atomic mass is 79.9. The van der Waals surface area contributed by atoms with Crippen molar-refractivity contribution in [2.24, 2.45) is 5.92 Å². The van der Waals surface area contributed by atoms with Gasteiger partial charge in [0.15, 0.2) is 5.13 Å². The van der Waals surface area contributed by atoms with Crippen LogP contribution in [0, 0.1) is 5.92 Å². The molecular formula is C22H24BrN3O4S3. The van der Waals surface area contributed by atoms with Crippen LogP contribution in [0.1, 0.15) is 25.7 Å². The number of hydrogen-bond acceptors (Lipinski definition) is 7. The van der Waals surface area contributed by atoms with E-state index in [1.165, 1.54) is 27.0 Å². The molecule has 1 aromatic carbocycles. The lowest BCUT2D eigenvalue weighted by molar-refractivity contribution is -0.123. The second kappa shape index (κ2) is 9.71. The number of nitrogens with zero attached hydrogens (tertiary/aromatic N) is 3. The molecule has 0 spiro atoms. The lowest BCUT2D eigenvalue weighted by atomic mass is 9.96. The Hall–Kier alpha value is -1.37. The number of hydrogen-bond donors (Lipinski definition) is 0. The van der Waals surface area contributed by atoms with E-state index in [0.717, 1.165) is 34.1 Å². The van der Waals surface area contributed by atoms with Gasteiger partial charge in [-0.15, -0.1) is 11.3 Å². The van der Waals surface area contributed by atoms with Gasteiger partial charge >= 0.3 is 0 Å². The maximum atomic E-state index is 13.7. The van der Waals surface area contributed by atoms with E-state index in [-0.39, 0.29) is 17.9 Å². The first-order valence-corrected chi connectivity index (χ1v) is 14.9. The number of ether oxygens (including phenoxy) is 1. The number of sulfonamides is 1. The predicted molar refractivity (Wildman–Crippen MR) is 134 cm³/mol. The van der Waals surface area contributed by atoms with Crippen LogP contribution in [0.2, 0.25) is 0 Å². The summed E-state index contributed by atoms with van der Waals surface area (Å²) in [6, 6.07) is 9.28. The zero-order valence-electron chi connectivity index (χ0n) is 17.9. The Morgan fingerprint density at radius 1 is 1.24 bits per heavy atom. The number of carbonyl (C=O) groups excluding carboxylic acids is 1. The zero-order chi connectivity index (χ0) is 23.0. The number of thiophene rings is 1. The van der Waals surface area contributed by atoms with Crippen LogP contribution in [0.4, 0.5) is 5.13 Å². The normalized spacial score (nSPS) is 20.5. The topological polar surface area (TPSA) is 79.8 Å². The highest BCUT2D eigenvalue weighted by Gasteiger charge is 2.36. The first-order chi connectivity index (χ1) is 15.9. The molecule has 33 heavy (non-hydrogen) atoms. The van der Waals surface area contributed by atoms with Crippen molar-refractivity contribution < 1.29 is 17.9 Å². The number of benzene rings is 1. The van der Waals surface area contributed by atoms with Crippen molar-refractivity contribution in [2.75, 3.05) is 31.1 Å². The molecule has 2 aromatic heterocycles. The van der Waals surface area contributed by atoms with Crippen LogP contribution in [-0.2, 0) is 19.6 Å².